The first-order valence-electron chi connectivity index (χ1n) is 5.40. The molecule has 4 heteroatoms. The van der Waals surface area contributed by atoms with Crippen molar-refractivity contribution in [2.45, 2.75) is 32.9 Å². The summed E-state index contributed by atoms with van der Waals surface area (Å²) in [7, 11) is 1.84. The van der Waals surface area contributed by atoms with Gasteiger partial charge in [0.1, 0.15) is 0 Å². The number of carbonyl (C=O) groups excluding carboxylic acids is 1. The number of carbonyl (C=O) groups is 1. The lowest BCUT2D eigenvalue weighted by Gasteiger charge is -2.23. The van der Waals surface area contributed by atoms with Crippen LogP contribution in [0.25, 0.3) is 0 Å². The van der Waals surface area contributed by atoms with E-state index in [9.17, 15) is 4.79 Å². The van der Waals surface area contributed by atoms with Crippen LogP contribution < -0.4 is 5.32 Å². The molecule has 1 N–H and O–H groups in total. The largest absolute Gasteiger partial charge is 0.340 e. The van der Waals surface area contributed by atoms with Crippen molar-refractivity contribution in [3.8, 4) is 0 Å². The molecule has 0 aromatic carbocycles. The van der Waals surface area contributed by atoms with Crippen LogP contribution in [0.4, 0.5) is 0 Å². The topological polar surface area (TPSA) is 32.3 Å². The summed E-state index contributed by atoms with van der Waals surface area (Å²) in [6.07, 6.45) is 0. The SMILES string of the molecule is CN(Cc1cccs1)C(=O)CNC(C)(C)C. The first-order chi connectivity index (χ1) is 7.38. The van der Waals surface area contributed by atoms with Crippen LogP contribution in [-0.4, -0.2) is 29.9 Å². The molecule has 1 aromatic rings. The van der Waals surface area contributed by atoms with Crippen molar-refractivity contribution in [2.75, 3.05) is 13.6 Å². The molecule has 0 bridgehead atoms. The molecule has 0 aliphatic carbocycles. The highest BCUT2D eigenvalue weighted by atomic mass is 32.1. The molecule has 0 fully saturated rings. The third-order valence-electron chi connectivity index (χ3n) is 2.17. The van der Waals surface area contributed by atoms with Crippen molar-refractivity contribution in [3.63, 3.8) is 0 Å². The van der Waals surface area contributed by atoms with Gasteiger partial charge >= 0.3 is 0 Å². The van der Waals surface area contributed by atoms with Gasteiger partial charge in [0.15, 0.2) is 0 Å². The first kappa shape index (κ1) is 13.2. The van der Waals surface area contributed by atoms with Gasteiger partial charge in [-0.05, 0) is 32.2 Å². The maximum atomic E-state index is 11.8. The van der Waals surface area contributed by atoms with Crippen molar-refractivity contribution in [3.05, 3.63) is 22.4 Å². The van der Waals surface area contributed by atoms with Gasteiger partial charge in [-0.1, -0.05) is 6.07 Å². The van der Waals surface area contributed by atoms with Gasteiger partial charge in [0.25, 0.3) is 0 Å². The van der Waals surface area contributed by atoms with Gasteiger partial charge in [-0.2, -0.15) is 0 Å². The van der Waals surface area contributed by atoms with E-state index < -0.39 is 0 Å². The van der Waals surface area contributed by atoms with E-state index in [1.165, 1.54) is 4.88 Å². The number of thiophene rings is 1. The predicted octanol–water partition coefficient (Wildman–Crippen LogP) is 2.09. The molecule has 3 nitrogen and oxygen atoms in total. The molecule has 16 heavy (non-hydrogen) atoms. The van der Waals surface area contributed by atoms with Crippen LogP contribution in [-0.2, 0) is 11.3 Å². The highest BCUT2D eigenvalue weighted by molar-refractivity contribution is 7.09. The zero-order valence-electron chi connectivity index (χ0n) is 10.4. The van der Waals surface area contributed by atoms with Crippen molar-refractivity contribution in [1.82, 2.24) is 10.2 Å². The minimum absolute atomic E-state index is 0.0145. The van der Waals surface area contributed by atoms with Gasteiger partial charge in [0.2, 0.25) is 5.91 Å². The molecule has 0 unspecified atom stereocenters. The second kappa shape index (κ2) is 5.46. The van der Waals surface area contributed by atoms with Crippen LogP contribution in [0, 0.1) is 0 Å². The molecule has 0 aliphatic rings. The first-order valence-corrected chi connectivity index (χ1v) is 6.28. The molecule has 90 valence electrons. The molecule has 1 aromatic heterocycles. The molecule has 0 spiro atoms. The van der Waals surface area contributed by atoms with Crippen molar-refractivity contribution >= 4 is 17.2 Å². The Labute approximate surface area is 101 Å². The number of nitrogens with zero attached hydrogens (tertiary/aromatic N) is 1. The fourth-order valence-electron chi connectivity index (χ4n) is 1.20. The molecular weight excluding hydrogens is 220 g/mol. The van der Waals surface area contributed by atoms with Crippen LogP contribution in [0.2, 0.25) is 0 Å². The third-order valence-corrected chi connectivity index (χ3v) is 3.03. The summed E-state index contributed by atoms with van der Waals surface area (Å²) in [6.45, 7) is 7.26. The quantitative estimate of drug-likeness (QED) is 0.874. The lowest BCUT2D eigenvalue weighted by molar-refractivity contribution is -0.129. The summed E-state index contributed by atoms with van der Waals surface area (Å²) in [5.74, 6) is 0.128. The number of amides is 1. The summed E-state index contributed by atoms with van der Waals surface area (Å²) in [6, 6.07) is 4.05. The average Bonchev–Trinajstić information content (AvgIpc) is 2.65. The number of hydrogen-bond acceptors (Lipinski definition) is 3. The monoisotopic (exact) mass is 240 g/mol. The van der Waals surface area contributed by atoms with Crippen molar-refractivity contribution < 1.29 is 4.79 Å². The second-order valence-electron chi connectivity index (χ2n) is 4.93. The fourth-order valence-corrected chi connectivity index (χ4v) is 1.96. The van der Waals surface area contributed by atoms with Gasteiger partial charge < -0.3 is 10.2 Å². The zero-order chi connectivity index (χ0) is 12.2. The van der Waals surface area contributed by atoms with Crippen LogP contribution in [0.3, 0.4) is 0 Å². The van der Waals surface area contributed by atoms with E-state index >= 15 is 0 Å². The molecule has 0 saturated heterocycles. The van der Waals surface area contributed by atoms with Crippen LogP contribution in [0.15, 0.2) is 17.5 Å². The van der Waals surface area contributed by atoms with Crippen LogP contribution in [0.1, 0.15) is 25.6 Å². The maximum Gasteiger partial charge on any atom is 0.236 e. The highest BCUT2D eigenvalue weighted by Crippen LogP contribution is 2.10. The standard InChI is InChI=1S/C12H20N2OS/c1-12(2,3)13-8-11(15)14(4)9-10-6-5-7-16-10/h5-7,13H,8-9H2,1-4H3. The second-order valence-corrected chi connectivity index (χ2v) is 5.96. The molecule has 1 amide bonds. The van der Waals surface area contributed by atoms with Crippen LogP contribution >= 0.6 is 11.3 Å². The normalized spacial score (nSPS) is 11.5. The number of hydrogen-bond donors (Lipinski definition) is 1. The van der Waals surface area contributed by atoms with Gasteiger partial charge in [0, 0.05) is 17.5 Å². The summed E-state index contributed by atoms with van der Waals surface area (Å²) < 4.78 is 0. The molecule has 0 saturated carbocycles. The van der Waals surface area contributed by atoms with Crippen molar-refractivity contribution in [1.29, 1.82) is 0 Å². The molecular formula is C12H20N2OS. The van der Waals surface area contributed by atoms with Crippen molar-refractivity contribution in [2.24, 2.45) is 0 Å². The zero-order valence-corrected chi connectivity index (χ0v) is 11.2. The minimum atomic E-state index is -0.0145. The van der Waals surface area contributed by atoms with E-state index in [4.69, 9.17) is 0 Å². The summed E-state index contributed by atoms with van der Waals surface area (Å²) in [5.41, 5.74) is -0.0145. The van der Waals surface area contributed by atoms with E-state index in [-0.39, 0.29) is 11.4 Å². The summed E-state index contributed by atoms with van der Waals surface area (Å²) in [5, 5.41) is 5.22. The van der Waals surface area contributed by atoms with Gasteiger partial charge in [0.05, 0.1) is 13.1 Å². The Morgan fingerprint density at radius 2 is 2.19 bits per heavy atom. The minimum Gasteiger partial charge on any atom is -0.340 e. The molecule has 1 rings (SSSR count). The fraction of sp³-hybridized carbons (Fsp3) is 0.583. The Bertz CT molecular complexity index is 327. The van der Waals surface area contributed by atoms with E-state index in [2.05, 4.69) is 26.1 Å². The molecule has 0 radical (unpaired) electrons. The number of nitrogens with one attached hydrogen (secondary N) is 1. The lowest BCUT2D eigenvalue weighted by Crippen LogP contribution is -2.43. The highest BCUT2D eigenvalue weighted by Gasteiger charge is 2.14. The number of likely N-dealkylation sites (N-methyl/N-ethyl adjacent to an activating group) is 1. The third kappa shape index (κ3) is 4.77. The lowest BCUT2D eigenvalue weighted by atomic mass is 10.1. The average molecular weight is 240 g/mol. The summed E-state index contributed by atoms with van der Waals surface area (Å²) >= 11 is 1.68. The Kier molecular flexibility index (Phi) is 4.50. The Morgan fingerprint density at radius 3 is 2.69 bits per heavy atom. The molecule has 0 atom stereocenters. The molecule has 1 heterocycles. The van der Waals surface area contributed by atoms with Gasteiger partial charge in [-0.15, -0.1) is 11.3 Å². The van der Waals surface area contributed by atoms with Gasteiger partial charge in [-0.25, -0.2) is 0 Å². The summed E-state index contributed by atoms with van der Waals surface area (Å²) in [4.78, 5) is 14.8. The van der Waals surface area contributed by atoms with E-state index in [0.717, 1.165) is 0 Å². The smallest absolute Gasteiger partial charge is 0.236 e. The van der Waals surface area contributed by atoms with E-state index in [1.54, 1.807) is 16.2 Å². The molecule has 0 aliphatic heterocycles. The van der Waals surface area contributed by atoms with E-state index in [1.807, 2.05) is 24.6 Å². The van der Waals surface area contributed by atoms with Crippen LogP contribution in [0.5, 0.6) is 0 Å². The van der Waals surface area contributed by atoms with E-state index in [0.29, 0.717) is 13.1 Å². The maximum absolute atomic E-state index is 11.8. The number of rotatable bonds is 4. The Balaban J connectivity index is 2.37. The Hall–Kier alpha value is -0.870. The Morgan fingerprint density at radius 1 is 1.50 bits per heavy atom. The predicted molar refractivity (Wildman–Crippen MR) is 68.5 cm³/mol. The van der Waals surface area contributed by atoms with Gasteiger partial charge in [-0.3, -0.25) is 4.79 Å².